The number of para-hydroxylation sites is 1. The molecule has 1 aromatic carbocycles. The molecule has 102 valence electrons. The zero-order valence-electron chi connectivity index (χ0n) is 10.5. The summed E-state index contributed by atoms with van der Waals surface area (Å²) in [5, 5.41) is 22.2. The third kappa shape index (κ3) is 2.14. The van der Waals surface area contributed by atoms with Crippen molar-refractivity contribution in [2.45, 2.75) is 12.5 Å². The van der Waals surface area contributed by atoms with Gasteiger partial charge in [0.2, 0.25) is 0 Å². The van der Waals surface area contributed by atoms with Gasteiger partial charge in [-0.3, -0.25) is 0 Å². The Morgan fingerprint density at radius 1 is 1.40 bits per heavy atom. The van der Waals surface area contributed by atoms with E-state index in [1.807, 2.05) is 35.7 Å². The third-order valence-corrected chi connectivity index (χ3v) is 5.53. The summed E-state index contributed by atoms with van der Waals surface area (Å²) in [6.45, 7) is 0.200. The zero-order valence-corrected chi connectivity index (χ0v) is 12.9. The lowest BCUT2D eigenvalue weighted by atomic mass is 9.76. The number of nitriles is 1. The van der Waals surface area contributed by atoms with Crippen molar-refractivity contribution in [1.82, 2.24) is 0 Å². The molecular formula is C15H12BrNO2S. The smallest absolute Gasteiger partial charge is 0.126 e. The summed E-state index contributed by atoms with van der Waals surface area (Å²) in [7, 11) is 0. The quantitative estimate of drug-likeness (QED) is 0.899. The third-order valence-electron chi connectivity index (χ3n) is 3.60. The molecule has 2 heterocycles. The van der Waals surface area contributed by atoms with Crippen molar-refractivity contribution < 1.29 is 9.84 Å². The number of aliphatic hydroxyl groups excluding tert-OH is 1. The van der Waals surface area contributed by atoms with Gasteiger partial charge in [-0.25, -0.2) is 0 Å². The molecule has 20 heavy (non-hydrogen) atoms. The molecular weight excluding hydrogens is 338 g/mol. The Kier molecular flexibility index (Phi) is 3.55. The van der Waals surface area contributed by atoms with Crippen LogP contribution in [0.5, 0.6) is 5.75 Å². The van der Waals surface area contributed by atoms with Gasteiger partial charge in [-0.2, -0.15) is 5.26 Å². The molecule has 1 aromatic heterocycles. The number of hydrogen-bond donors (Lipinski definition) is 1. The van der Waals surface area contributed by atoms with Gasteiger partial charge in [0.25, 0.3) is 0 Å². The minimum Gasteiger partial charge on any atom is -0.492 e. The number of halogens is 1. The van der Waals surface area contributed by atoms with Crippen LogP contribution in [-0.2, 0) is 6.42 Å². The molecule has 5 heteroatoms. The largest absolute Gasteiger partial charge is 0.492 e. The molecule has 2 unspecified atom stereocenters. The van der Waals surface area contributed by atoms with Crippen LogP contribution in [-0.4, -0.2) is 11.7 Å². The van der Waals surface area contributed by atoms with Crippen molar-refractivity contribution in [3.8, 4) is 11.8 Å². The summed E-state index contributed by atoms with van der Waals surface area (Å²) < 4.78 is 6.53. The van der Waals surface area contributed by atoms with Crippen molar-refractivity contribution in [2.75, 3.05) is 6.61 Å². The van der Waals surface area contributed by atoms with Gasteiger partial charge in [-0.1, -0.05) is 18.2 Å². The van der Waals surface area contributed by atoms with Crippen molar-refractivity contribution in [3.63, 3.8) is 0 Å². The van der Waals surface area contributed by atoms with Crippen LogP contribution in [0.15, 0.2) is 40.2 Å². The van der Waals surface area contributed by atoms with Crippen molar-refractivity contribution in [3.05, 3.63) is 50.6 Å². The molecule has 0 radical (unpaired) electrons. The van der Waals surface area contributed by atoms with E-state index in [-0.39, 0.29) is 6.61 Å². The number of hydrogen-bond acceptors (Lipinski definition) is 4. The number of benzene rings is 1. The summed E-state index contributed by atoms with van der Waals surface area (Å²) in [6, 6.07) is 11.8. The van der Waals surface area contributed by atoms with Gasteiger partial charge in [0.05, 0.1) is 6.07 Å². The van der Waals surface area contributed by atoms with Gasteiger partial charge < -0.3 is 9.84 Å². The molecule has 2 atom stereocenters. The monoisotopic (exact) mass is 349 g/mol. The summed E-state index contributed by atoms with van der Waals surface area (Å²) in [4.78, 5) is 0.773. The Labute approximate surface area is 129 Å². The highest BCUT2D eigenvalue weighted by molar-refractivity contribution is 9.10. The van der Waals surface area contributed by atoms with Crippen molar-refractivity contribution in [2.24, 2.45) is 5.41 Å². The predicted molar refractivity (Wildman–Crippen MR) is 80.7 cm³/mol. The highest BCUT2D eigenvalue weighted by Crippen LogP contribution is 2.45. The van der Waals surface area contributed by atoms with Gasteiger partial charge in [0.15, 0.2) is 0 Å². The molecule has 2 aromatic rings. The van der Waals surface area contributed by atoms with Gasteiger partial charge in [0, 0.05) is 15.8 Å². The average Bonchev–Trinajstić information content (AvgIpc) is 2.92. The fraction of sp³-hybridized carbons (Fsp3) is 0.267. The predicted octanol–water partition coefficient (Wildman–Crippen LogP) is 3.69. The Morgan fingerprint density at radius 2 is 2.20 bits per heavy atom. The van der Waals surface area contributed by atoms with E-state index in [0.29, 0.717) is 6.42 Å². The van der Waals surface area contributed by atoms with E-state index < -0.39 is 11.5 Å². The number of rotatable bonds is 2. The molecule has 1 aliphatic heterocycles. The first-order chi connectivity index (χ1) is 9.66. The van der Waals surface area contributed by atoms with E-state index in [4.69, 9.17) is 4.74 Å². The Morgan fingerprint density at radius 3 is 2.90 bits per heavy atom. The van der Waals surface area contributed by atoms with E-state index in [2.05, 4.69) is 22.0 Å². The van der Waals surface area contributed by atoms with Gasteiger partial charge in [0.1, 0.15) is 23.9 Å². The molecule has 0 aliphatic carbocycles. The normalized spacial score (nSPS) is 22.4. The van der Waals surface area contributed by atoms with Crippen LogP contribution in [0.25, 0.3) is 0 Å². The van der Waals surface area contributed by atoms with E-state index in [1.165, 1.54) is 11.3 Å². The van der Waals surface area contributed by atoms with E-state index >= 15 is 0 Å². The molecule has 1 aliphatic rings. The number of thiophene rings is 1. The number of ether oxygens (including phenoxy) is 1. The van der Waals surface area contributed by atoms with Crippen LogP contribution >= 0.6 is 27.3 Å². The molecule has 3 rings (SSSR count). The first kappa shape index (κ1) is 13.6. The SMILES string of the molecule is N#CC1(C(O)c2sccc2Br)COc2ccccc2C1. The standard InChI is InChI=1S/C15H12BrNO2S/c16-11-5-6-20-13(11)14(18)15(8-17)7-10-3-1-2-4-12(10)19-9-15/h1-6,14,18H,7,9H2. The molecule has 0 bridgehead atoms. The summed E-state index contributed by atoms with van der Waals surface area (Å²) in [5.74, 6) is 0.802. The second-order valence-electron chi connectivity index (χ2n) is 4.88. The molecule has 1 N–H and O–H groups in total. The maximum absolute atomic E-state index is 10.7. The Bertz CT molecular complexity index is 679. The second-order valence-corrected chi connectivity index (χ2v) is 6.68. The van der Waals surface area contributed by atoms with Crippen molar-refractivity contribution >= 4 is 27.3 Å². The van der Waals surface area contributed by atoms with Crippen LogP contribution in [0.2, 0.25) is 0 Å². The Balaban J connectivity index is 1.99. The molecule has 0 amide bonds. The summed E-state index contributed by atoms with van der Waals surface area (Å²) in [6.07, 6.45) is -0.374. The molecule has 0 spiro atoms. The molecule has 0 fully saturated rings. The lowest BCUT2D eigenvalue weighted by Gasteiger charge is -2.35. The second kappa shape index (κ2) is 5.21. The van der Waals surface area contributed by atoms with Gasteiger partial charge in [-0.05, 0) is 39.0 Å². The fourth-order valence-electron chi connectivity index (χ4n) is 2.45. The number of aliphatic hydroxyl groups is 1. The highest BCUT2D eigenvalue weighted by atomic mass is 79.9. The lowest BCUT2D eigenvalue weighted by molar-refractivity contribution is 0.0191. The van der Waals surface area contributed by atoms with E-state index in [9.17, 15) is 10.4 Å². The summed E-state index contributed by atoms with van der Waals surface area (Å²) in [5.41, 5.74) is 0.0221. The molecule has 3 nitrogen and oxygen atoms in total. The first-order valence-electron chi connectivity index (χ1n) is 6.19. The molecule has 0 saturated heterocycles. The van der Waals surface area contributed by atoms with Gasteiger partial charge in [-0.15, -0.1) is 11.3 Å². The van der Waals surface area contributed by atoms with Crippen LogP contribution in [0.3, 0.4) is 0 Å². The number of nitrogens with zero attached hydrogens (tertiary/aromatic N) is 1. The van der Waals surface area contributed by atoms with Crippen LogP contribution in [0.4, 0.5) is 0 Å². The van der Waals surface area contributed by atoms with Crippen molar-refractivity contribution in [1.29, 1.82) is 5.26 Å². The van der Waals surface area contributed by atoms with Crippen LogP contribution < -0.4 is 4.74 Å². The highest BCUT2D eigenvalue weighted by Gasteiger charge is 2.44. The topological polar surface area (TPSA) is 53.2 Å². The van der Waals surface area contributed by atoms with Crippen LogP contribution in [0.1, 0.15) is 16.5 Å². The first-order valence-corrected chi connectivity index (χ1v) is 7.86. The maximum atomic E-state index is 10.7. The Hall–Kier alpha value is -1.35. The van der Waals surface area contributed by atoms with Crippen LogP contribution in [0, 0.1) is 16.7 Å². The maximum Gasteiger partial charge on any atom is 0.126 e. The summed E-state index contributed by atoms with van der Waals surface area (Å²) >= 11 is 4.86. The number of fused-ring (bicyclic) bond motifs is 1. The molecule has 0 saturated carbocycles. The average molecular weight is 350 g/mol. The minimum absolute atomic E-state index is 0.200. The van der Waals surface area contributed by atoms with E-state index in [0.717, 1.165) is 20.7 Å². The fourth-order valence-corrected chi connectivity index (χ4v) is 4.14. The zero-order chi connectivity index (χ0) is 14.2. The van der Waals surface area contributed by atoms with E-state index in [1.54, 1.807) is 0 Å². The van der Waals surface area contributed by atoms with Gasteiger partial charge >= 0.3 is 0 Å². The lowest BCUT2D eigenvalue weighted by Crippen LogP contribution is -2.39. The minimum atomic E-state index is -0.943.